The van der Waals surface area contributed by atoms with E-state index in [1.54, 1.807) is 0 Å². The molecular weight excluding hydrogens is 201 g/mol. The summed E-state index contributed by atoms with van der Waals surface area (Å²) in [4.78, 5) is 9.33. The predicted molar refractivity (Wildman–Crippen MR) is 40.9 cm³/mol. The summed E-state index contributed by atoms with van der Waals surface area (Å²) < 4.78 is 0. The second kappa shape index (κ2) is 16.3. The molecule has 0 fully saturated rings. The Morgan fingerprint density at radius 2 is 1.80 bits per heavy atom. The van der Waals surface area contributed by atoms with Crippen LogP contribution in [-0.4, -0.2) is 5.78 Å². The first-order valence-corrected chi connectivity index (χ1v) is 3.26. The molecule has 0 radical (unpaired) electrons. The Morgan fingerprint density at radius 3 is 1.80 bits per heavy atom. The normalized spacial score (nSPS) is 6.70. The van der Waals surface area contributed by atoms with Crippen molar-refractivity contribution in [1.29, 1.82) is 0 Å². The monoisotopic (exact) mass is 217 g/mol. The van der Waals surface area contributed by atoms with Gasteiger partial charge < -0.3 is 18.6 Å². The maximum absolute atomic E-state index is 9.33. The van der Waals surface area contributed by atoms with Gasteiger partial charge in [-0.3, -0.25) is 0 Å². The van der Waals surface area contributed by atoms with Crippen molar-refractivity contribution >= 4 is 5.78 Å². The van der Waals surface area contributed by atoms with Crippen LogP contribution in [0.3, 0.4) is 0 Å². The maximum Gasteiger partial charge on any atom is 3.00 e. The number of rotatable bonds is 2. The van der Waals surface area contributed by atoms with Crippen molar-refractivity contribution in [1.82, 2.24) is 0 Å². The third-order valence-electron chi connectivity index (χ3n) is 0.604. The van der Waals surface area contributed by atoms with Crippen LogP contribution in [0.4, 0.5) is 0 Å². The molecule has 0 aromatic carbocycles. The molecule has 0 aliphatic carbocycles. The summed E-state index contributed by atoms with van der Waals surface area (Å²) in [6, 6.07) is 0. The summed E-state index contributed by atoms with van der Waals surface area (Å²) in [6.07, 6.45) is 3.65. The molecule has 10 heavy (non-hydrogen) atoms. The van der Waals surface area contributed by atoms with E-state index in [9.17, 15) is 4.79 Å². The van der Waals surface area contributed by atoms with E-state index in [2.05, 4.69) is 20.8 Å². The molecule has 0 bridgehead atoms. The van der Waals surface area contributed by atoms with Gasteiger partial charge in [0.25, 0.3) is 0 Å². The van der Waals surface area contributed by atoms with Gasteiger partial charge in [-0.15, -0.1) is 0 Å². The average Bonchev–Trinajstić information content (AvgIpc) is 1.66. The van der Waals surface area contributed by atoms with Crippen LogP contribution in [0.15, 0.2) is 0 Å². The number of unbranched alkanes of at least 4 members (excludes halogenated alkanes) is 2. The van der Waals surface area contributed by atoms with Crippen LogP contribution in [0.25, 0.3) is 0 Å². The van der Waals surface area contributed by atoms with E-state index >= 15 is 0 Å². The number of hydrogen-bond acceptors (Lipinski definition) is 1. The van der Waals surface area contributed by atoms with E-state index in [0.29, 0.717) is 0 Å². The van der Waals surface area contributed by atoms with Crippen LogP contribution in [0.5, 0.6) is 0 Å². The molecule has 0 atom stereocenters. The van der Waals surface area contributed by atoms with Gasteiger partial charge in [-0.05, 0) is 12.7 Å². The van der Waals surface area contributed by atoms with Gasteiger partial charge in [-0.1, -0.05) is 19.8 Å². The molecule has 2 heteroatoms. The minimum Gasteiger partial charge on any atom is -0.343 e. The largest absolute Gasteiger partial charge is 3.00 e. The fourth-order valence-electron chi connectivity index (χ4n) is 0.250. The molecule has 0 rings (SSSR count). The molecule has 0 saturated carbocycles. The van der Waals surface area contributed by atoms with Crippen molar-refractivity contribution in [2.24, 2.45) is 0 Å². The van der Waals surface area contributed by atoms with Gasteiger partial charge >= 0.3 is 32.7 Å². The zero-order valence-electron chi connectivity index (χ0n) is 7.02. The molecule has 56 valence electrons. The van der Waals surface area contributed by atoms with Crippen LogP contribution in [0.1, 0.15) is 33.1 Å². The summed E-state index contributed by atoms with van der Waals surface area (Å²) in [7, 11) is 0. The third-order valence-corrected chi connectivity index (χ3v) is 0.604. The van der Waals surface area contributed by atoms with E-state index in [4.69, 9.17) is 0 Å². The molecule has 0 spiro atoms. The van der Waals surface area contributed by atoms with E-state index in [0.717, 1.165) is 6.42 Å². The first-order chi connectivity index (χ1) is 4.15. The molecule has 0 N–H and O–H groups in total. The molecule has 0 aliphatic heterocycles. The summed E-state index contributed by atoms with van der Waals surface area (Å²) in [6.45, 7) is 10.3. The van der Waals surface area contributed by atoms with Gasteiger partial charge in [0.05, 0.1) is 0 Å². The van der Waals surface area contributed by atoms with E-state index < -0.39 is 0 Å². The number of hydrogen-bond donors (Lipinski definition) is 0. The summed E-state index contributed by atoms with van der Waals surface area (Å²) in [5.41, 5.74) is 0. The Balaban J connectivity index is -0.0000000910. The van der Waals surface area contributed by atoms with Gasteiger partial charge in [0, 0.05) is 0 Å². The van der Waals surface area contributed by atoms with Gasteiger partial charge in [-0.25, -0.2) is 0 Å². The van der Waals surface area contributed by atoms with Crippen molar-refractivity contribution in [2.45, 2.75) is 33.1 Å². The fraction of sp³-hybridized carbons (Fsp3) is 0.625. The molecule has 0 heterocycles. The number of Topliss-reactive ketones (excluding diaryl/α,β-unsaturated/α-hetero) is 1. The number of ketones is 1. The first kappa shape index (κ1) is 16.9. The molecule has 0 amide bonds. The Labute approximate surface area is 89.8 Å². The maximum atomic E-state index is 9.33. The van der Waals surface area contributed by atoms with Crippen molar-refractivity contribution in [2.75, 3.05) is 0 Å². The number of carbonyl (C=O) groups excluding carboxylic acids is 1. The molecule has 0 aromatic heterocycles. The van der Waals surface area contributed by atoms with Gasteiger partial charge in [0.2, 0.25) is 0 Å². The predicted octanol–water partition coefficient (Wildman–Crippen LogP) is 2.42. The Kier molecular flexibility index (Phi) is 27.7. The van der Waals surface area contributed by atoms with Gasteiger partial charge in [0.15, 0.2) is 0 Å². The fourth-order valence-corrected chi connectivity index (χ4v) is 0.250. The van der Waals surface area contributed by atoms with Gasteiger partial charge in [0.1, 0.15) is 0 Å². The second-order valence-electron chi connectivity index (χ2n) is 1.91. The average molecular weight is 217 g/mol. The standard InChI is InChI=1S/C5H11.C3H5O.Y/c1-3-5-4-2;1-3(2)4;/h1,3-5H2,2H3;1H2,2H3;/q2*-1;+3. The zero-order chi connectivity index (χ0) is 7.70. The van der Waals surface area contributed by atoms with Gasteiger partial charge in [-0.2, -0.15) is 6.42 Å². The van der Waals surface area contributed by atoms with E-state index in [-0.39, 0.29) is 38.5 Å². The molecule has 0 aromatic rings. The van der Waals surface area contributed by atoms with E-state index in [1.165, 1.54) is 19.8 Å². The van der Waals surface area contributed by atoms with Crippen LogP contribution in [0.2, 0.25) is 0 Å². The summed E-state index contributed by atoms with van der Waals surface area (Å²) in [5, 5.41) is 0. The minimum atomic E-state index is -0.0833. The van der Waals surface area contributed by atoms with Crippen LogP contribution >= 0.6 is 0 Å². The van der Waals surface area contributed by atoms with Crippen molar-refractivity contribution in [3.05, 3.63) is 13.8 Å². The smallest absolute Gasteiger partial charge is 0.343 e. The first-order valence-electron chi connectivity index (χ1n) is 3.26. The van der Waals surface area contributed by atoms with Crippen molar-refractivity contribution < 1.29 is 37.5 Å². The van der Waals surface area contributed by atoms with Crippen molar-refractivity contribution in [3.63, 3.8) is 0 Å². The molecular formula is C8H16OY+. The quantitative estimate of drug-likeness (QED) is 0.649. The Hall–Kier alpha value is 0.644. The zero-order valence-corrected chi connectivity index (χ0v) is 9.86. The molecule has 0 aliphatic rings. The van der Waals surface area contributed by atoms with Crippen LogP contribution in [-0.2, 0) is 37.5 Å². The minimum absolute atomic E-state index is 0. The third kappa shape index (κ3) is 72.3. The van der Waals surface area contributed by atoms with Crippen molar-refractivity contribution in [3.8, 4) is 0 Å². The Morgan fingerprint density at radius 1 is 1.50 bits per heavy atom. The molecule has 0 saturated heterocycles. The van der Waals surface area contributed by atoms with E-state index in [1.807, 2.05) is 0 Å². The Bertz CT molecular complexity index is 56.3. The number of carbonyl (C=O) groups is 1. The molecule has 0 unspecified atom stereocenters. The van der Waals surface area contributed by atoms with Crippen LogP contribution < -0.4 is 0 Å². The SMILES string of the molecule is [CH2-]C(C)=O.[CH2-]CCCC.[Y+3]. The van der Waals surface area contributed by atoms with Crippen LogP contribution in [0, 0.1) is 13.8 Å². The second-order valence-corrected chi connectivity index (χ2v) is 1.91. The topological polar surface area (TPSA) is 17.1 Å². The molecule has 1 nitrogen and oxygen atoms in total. The summed E-state index contributed by atoms with van der Waals surface area (Å²) >= 11 is 0. The summed E-state index contributed by atoms with van der Waals surface area (Å²) in [5.74, 6) is -0.0833.